The van der Waals surface area contributed by atoms with Crippen molar-refractivity contribution in [2.24, 2.45) is 0 Å². The molecule has 0 aliphatic carbocycles. The van der Waals surface area contributed by atoms with E-state index in [9.17, 15) is 5.11 Å². The van der Waals surface area contributed by atoms with E-state index in [4.69, 9.17) is 9.47 Å². The van der Waals surface area contributed by atoms with Crippen LogP contribution < -0.4 is 14.4 Å². The minimum atomic E-state index is -0.251. The van der Waals surface area contributed by atoms with Crippen LogP contribution in [0.2, 0.25) is 0 Å². The van der Waals surface area contributed by atoms with Gasteiger partial charge >= 0.3 is 0 Å². The van der Waals surface area contributed by atoms with E-state index in [1.165, 1.54) is 30.5 Å². The fourth-order valence-corrected chi connectivity index (χ4v) is 4.40. The van der Waals surface area contributed by atoms with Crippen LogP contribution in [0, 0.1) is 0 Å². The van der Waals surface area contributed by atoms with Crippen molar-refractivity contribution in [3.63, 3.8) is 0 Å². The molecule has 7 nitrogen and oxygen atoms in total. The van der Waals surface area contributed by atoms with Crippen molar-refractivity contribution >= 4 is 5.69 Å². The molecule has 1 N–H and O–H groups in total. The third-order valence-electron chi connectivity index (χ3n) is 6.39. The Bertz CT molecular complexity index is 1230. The zero-order chi connectivity index (χ0) is 24.0. The van der Waals surface area contributed by atoms with E-state index in [2.05, 4.69) is 39.5 Å². The van der Waals surface area contributed by atoms with Crippen molar-refractivity contribution in [1.82, 2.24) is 15.0 Å². The summed E-state index contributed by atoms with van der Waals surface area (Å²) < 4.78 is 13.0. The Morgan fingerprint density at radius 2 is 1.43 bits per heavy atom. The number of hydrogen-bond donors (Lipinski definition) is 1. The number of hydrogen-bond acceptors (Lipinski definition) is 6. The maximum absolute atomic E-state index is 9.74. The van der Waals surface area contributed by atoms with Gasteiger partial charge in [-0.25, -0.2) is 4.68 Å². The third kappa shape index (κ3) is 5.30. The number of ether oxygens (including phenoxy) is 2. The monoisotopic (exact) mass is 470 g/mol. The molecule has 0 amide bonds. The van der Waals surface area contributed by atoms with Gasteiger partial charge in [0.25, 0.3) is 0 Å². The molecule has 0 saturated carbocycles. The Hall–Kier alpha value is -3.84. The number of aliphatic hydroxyl groups excluding tert-OH is 1. The second kappa shape index (κ2) is 10.6. The van der Waals surface area contributed by atoms with E-state index in [-0.39, 0.29) is 6.61 Å². The molecule has 1 saturated heterocycles. The lowest BCUT2D eigenvalue weighted by Gasteiger charge is -2.28. The van der Waals surface area contributed by atoms with Crippen LogP contribution in [0.4, 0.5) is 5.69 Å². The summed E-state index contributed by atoms with van der Waals surface area (Å²) in [5.41, 5.74) is 5.00. The molecule has 0 atom stereocenters. The highest BCUT2D eigenvalue weighted by Gasteiger charge is 2.16. The van der Waals surface area contributed by atoms with Gasteiger partial charge in [0.15, 0.2) is 5.69 Å². The zero-order valence-corrected chi connectivity index (χ0v) is 19.9. The van der Waals surface area contributed by atoms with Gasteiger partial charge in [-0.05, 0) is 72.4 Å². The molecular formula is C28H30N4O3. The second-order valence-electron chi connectivity index (χ2n) is 8.73. The zero-order valence-electron chi connectivity index (χ0n) is 19.9. The van der Waals surface area contributed by atoms with Gasteiger partial charge in [0.2, 0.25) is 5.88 Å². The van der Waals surface area contributed by atoms with Crippen molar-refractivity contribution in [3.05, 3.63) is 84.1 Å². The quantitative estimate of drug-likeness (QED) is 0.378. The summed E-state index contributed by atoms with van der Waals surface area (Å²) in [5, 5.41) is 18.0. The molecule has 5 rings (SSSR count). The number of piperidine rings is 1. The van der Waals surface area contributed by atoms with E-state index >= 15 is 0 Å². The van der Waals surface area contributed by atoms with Crippen molar-refractivity contribution in [2.45, 2.75) is 32.4 Å². The summed E-state index contributed by atoms with van der Waals surface area (Å²) in [6, 6.07) is 24.5. The topological polar surface area (TPSA) is 72.6 Å². The average Bonchev–Trinajstić information content (AvgIpc) is 3.31. The van der Waals surface area contributed by atoms with Crippen LogP contribution in [0.25, 0.3) is 11.1 Å². The molecule has 0 bridgehead atoms. The van der Waals surface area contributed by atoms with Crippen molar-refractivity contribution in [1.29, 1.82) is 0 Å². The van der Waals surface area contributed by atoms with Crippen LogP contribution in [-0.2, 0) is 13.2 Å². The van der Waals surface area contributed by atoms with Crippen LogP contribution in [0.5, 0.6) is 17.4 Å². The van der Waals surface area contributed by atoms with Crippen LogP contribution in [-0.4, -0.2) is 40.3 Å². The highest BCUT2D eigenvalue weighted by atomic mass is 16.5. The first-order chi connectivity index (χ1) is 17.2. The molecule has 1 aliphatic heterocycles. The van der Waals surface area contributed by atoms with Crippen molar-refractivity contribution in [2.75, 3.05) is 25.1 Å². The minimum Gasteiger partial charge on any atom is -0.497 e. The molecule has 0 spiro atoms. The van der Waals surface area contributed by atoms with E-state index in [0.29, 0.717) is 23.9 Å². The molecule has 0 radical (unpaired) electrons. The fraction of sp³-hybridized carbons (Fsp3) is 0.286. The van der Waals surface area contributed by atoms with E-state index in [0.717, 1.165) is 30.0 Å². The highest BCUT2D eigenvalue weighted by molar-refractivity contribution is 5.67. The Balaban J connectivity index is 1.29. The number of nitrogens with zero attached hydrogens (tertiary/aromatic N) is 4. The summed E-state index contributed by atoms with van der Waals surface area (Å²) in [7, 11) is 1.64. The smallest absolute Gasteiger partial charge is 0.244 e. The predicted octanol–water partition coefficient (Wildman–Crippen LogP) is 5.28. The number of aliphatic hydroxyl groups is 1. The van der Waals surface area contributed by atoms with Gasteiger partial charge < -0.3 is 19.5 Å². The summed E-state index contributed by atoms with van der Waals surface area (Å²) in [6.45, 7) is 2.50. The highest BCUT2D eigenvalue weighted by Crippen LogP contribution is 2.29. The normalized spacial score (nSPS) is 13.6. The lowest BCUT2D eigenvalue weighted by atomic mass is 10.0. The maximum atomic E-state index is 9.74. The standard InChI is InChI=1S/C28H30N4O3/c1-34-25-13-5-21(6-14-25)19-32-28(27(20-33)29-30-32)35-26-15-9-23(10-16-26)22-7-11-24(12-8-22)31-17-3-2-4-18-31/h5-16,33H,2-4,17-20H2,1H3. The molecular weight excluding hydrogens is 440 g/mol. The van der Waals surface area contributed by atoms with E-state index in [1.807, 2.05) is 48.5 Å². The Morgan fingerprint density at radius 3 is 2.06 bits per heavy atom. The third-order valence-corrected chi connectivity index (χ3v) is 6.39. The van der Waals surface area contributed by atoms with Crippen molar-refractivity contribution in [3.8, 4) is 28.5 Å². The molecule has 1 aliphatic rings. The van der Waals surface area contributed by atoms with Crippen LogP contribution in [0.3, 0.4) is 0 Å². The Labute approximate surface area is 205 Å². The summed E-state index contributed by atoms with van der Waals surface area (Å²) in [4.78, 5) is 2.46. The molecule has 180 valence electrons. The molecule has 0 unspecified atom stereocenters. The number of aromatic nitrogens is 3. The van der Waals surface area contributed by atoms with Gasteiger partial charge in [0.05, 0.1) is 20.3 Å². The molecule has 2 heterocycles. The van der Waals surface area contributed by atoms with Crippen molar-refractivity contribution < 1.29 is 14.6 Å². The first-order valence-corrected chi connectivity index (χ1v) is 12.0. The number of benzene rings is 3. The van der Waals surface area contributed by atoms with Gasteiger partial charge in [-0.2, -0.15) is 0 Å². The Kier molecular flexibility index (Phi) is 6.95. The lowest BCUT2D eigenvalue weighted by Crippen LogP contribution is -2.29. The lowest BCUT2D eigenvalue weighted by molar-refractivity contribution is 0.270. The SMILES string of the molecule is COc1ccc(Cn2nnc(CO)c2Oc2ccc(-c3ccc(N4CCCCC4)cc3)cc2)cc1. The summed E-state index contributed by atoms with van der Waals surface area (Å²) in [6.07, 6.45) is 3.88. The van der Waals surface area contributed by atoms with Gasteiger partial charge in [-0.3, -0.25) is 0 Å². The number of anilines is 1. The number of rotatable bonds is 8. The van der Waals surface area contributed by atoms with Crippen LogP contribution >= 0.6 is 0 Å². The van der Waals surface area contributed by atoms with Crippen LogP contribution in [0.1, 0.15) is 30.5 Å². The van der Waals surface area contributed by atoms with Gasteiger partial charge in [-0.15, -0.1) is 5.10 Å². The molecule has 3 aromatic carbocycles. The number of methoxy groups -OCH3 is 1. The Morgan fingerprint density at radius 1 is 0.800 bits per heavy atom. The first-order valence-electron chi connectivity index (χ1n) is 12.0. The average molecular weight is 471 g/mol. The first kappa shape index (κ1) is 22.9. The molecule has 1 aromatic heterocycles. The molecule has 7 heteroatoms. The molecule has 35 heavy (non-hydrogen) atoms. The largest absolute Gasteiger partial charge is 0.497 e. The van der Waals surface area contributed by atoms with Gasteiger partial charge in [-0.1, -0.05) is 41.6 Å². The molecule has 4 aromatic rings. The van der Waals surface area contributed by atoms with E-state index < -0.39 is 0 Å². The summed E-state index contributed by atoms with van der Waals surface area (Å²) >= 11 is 0. The predicted molar refractivity (Wildman–Crippen MR) is 136 cm³/mol. The van der Waals surface area contributed by atoms with Crippen LogP contribution in [0.15, 0.2) is 72.8 Å². The van der Waals surface area contributed by atoms with E-state index in [1.54, 1.807) is 11.8 Å². The maximum Gasteiger partial charge on any atom is 0.244 e. The fourth-order valence-electron chi connectivity index (χ4n) is 4.40. The van der Waals surface area contributed by atoms with Gasteiger partial charge in [0, 0.05) is 18.8 Å². The summed E-state index contributed by atoms with van der Waals surface area (Å²) in [5.74, 6) is 1.88. The second-order valence-corrected chi connectivity index (χ2v) is 8.73. The minimum absolute atomic E-state index is 0.251. The molecule has 1 fully saturated rings. The van der Waals surface area contributed by atoms with Gasteiger partial charge in [0.1, 0.15) is 11.5 Å².